The number of nitrogens with zero attached hydrogens (tertiary/aromatic N) is 1. The summed E-state index contributed by atoms with van der Waals surface area (Å²) >= 11 is 5.28. The van der Waals surface area contributed by atoms with Crippen LogP contribution >= 0.6 is 27.3 Å². The molecule has 1 aliphatic heterocycles. The third-order valence-corrected chi connectivity index (χ3v) is 4.40. The van der Waals surface area contributed by atoms with Crippen molar-refractivity contribution < 1.29 is 0 Å². The Hall–Kier alpha value is 0.0600. The van der Waals surface area contributed by atoms with E-state index >= 15 is 0 Å². The molecule has 1 fully saturated rings. The van der Waals surface area contributed by atoms with Crippen LogP contribution in [0.25, 0.3) is 0 Å². The third kappa shape index (κ3) is 3.82. The minimum atomic E-state index is 0.585. The average Bonchev–Trinajstić information content (AvgIpc) is 2.64. The Morgan fingerprint density at radius 1 is 1.62 bits per heavy atom. The number of hydrogen-bond acceptors (Lipinski definition) is 4. The molecule has 3 nitrogen and oxygen atoms in total. The van der Waals surface area contributed by atoms with Crippen molar-refractivity contribution in [2.75, 3.05) is 33.2 Å². The lowest BCUT2D eigenvalue weighted by atomic mass is 10.2. The van der Waals surface area contributed by atoms with Crippen LogP contribution in [0, 0.1) is 0 Å². The normalized spacial score (nSPS) is 22.5. The molecule has 0 bridgehead atoms. The van der Waals surface area contributed by atoms with E-state index in [1.54, 1.807) is 11.3 Å². The molecule has 0 saturated carbocycles. The maximum atomic E-state index is 3.53. The lowest BCUT2D eigenvalue weighted by Crippen LogP contribution is -2.52. The van der Waals surface area contributed by atoms with Gasteiger partial charge >= 0.3 is 0 Å². The maximum Gasteiger partial charge on any atom is 0.0701 e. The van der Waals surface area contributed by atoms with Gasteiger partial charge in [0.25, 0.3) is 0 Å². The highest BCUT2D eigenvalue weighted by Crippen LogP contribution is 2.21. The number of hydrogen-bond donors (Lipinski definition) is 2. The Labute approximate surface area is 109 Å². The summed E-state index contributed by atoms with van der Waals surface area (Å²) in [5, 5.41) is 7.04. The van der Waals surface area contributed by atoms with Crippen molar-refractivity contribution in [2.24, 2.45) is 0 Å². The number of likely N-dealkylation sites (N-methyl/N-ethyl adjacent to an activating group) is 1. The first-order chi connectivity index (χ1) is 7.74. The molecule has 1 atom stereocenters. The molecule has 0 aliphatic carbocycles. The summed E-state index contributed by atoms with van der Waals surface area (Å²) in [6, 6.07) is 4.86. The van der Waals surface area contributed by atoms with Gasteiger partial charge in [0.2, 0.25) is 0 Å². The van der Waals surface area contributed by atoms with Gasteiger partial charge < -0.3 is 15.5 Å². The van der Waals surface area contributed by atoms with Crippen LogP contribution in [0.2, 0.25) is 0 Å². The Kier molecular flexibility index (Phi) is 4.79. The van der Waals surface area contributed by atoms with Crippen LogP contribution in [0.5, 0.6) is 0 Å². The highest BCUT2D eigenvalue weighted by molar-refractivity contribution is 9.11. The first-order valence-corrected chi connectivity index (χ1v) is 7.22. The van der Waals surface area contributed by atoms with Gasteiger partial charge in [0.05, 0.1) is 3.79 Å². The first kappa shape index (κ1) is 12.5. The van der Waals surface area contributed by atoms with Gasteiger partial charge in [-0.15, -0.1) is 11.3 Å². The summed E-state index contributed by atoms with van der Waals surface area (Å²) in [7, 11) is 2.18. The van der Waals surface area contributed by atoms with Crippen LogP contribution in [0.1, 0.15) is 4.88 Å². The van der Waals surface area contributed by atoms with Gasteiger partial charge in [0.1, 0.15) is 0 Å². The van der Waals surface area contributed by atoms with Crippen LogP contribution in [0.3, 0.4) is 0 Å². The molecular weight excluding hydrogens is 286 g/mol. The molecule has 2 heterocycles. The average molecular weight is 304 g/mol. The fraction of sp³-hybridized carbons (Fsp3) is 0.636. The van der Waals surface area contributed by atoms with Crippen molar-refractivity contribution in [1.29, 1.82) is 0 Å². The second-order valence-corrected chi connectivity index (χ2v) is 6.80. The van der Waals surface area contributed by atoms with E-state index < -0.39 is 0 Å². The van der Waals surface area contributed by atoms with Gasteiger partial charge in [0.15, 0.2) is 0 Å². The van der Waals surface area contributed by atoms with Gasteiger partial charge in [-0.05, 0) is 35.1 Å². The van der Waals surface area contributed by atoms with Crippen molar-refractivity contribution in [3.8, 4) is 0 Å². The number of rotatable bonds is 4. The number of thiophene rings is 1. The quantitative estimate of drug-likeness (QED) is 0.883. The standard InChI is InChI=1S/C11H18BrN3S/c1-15-5-4-14-9(8-15)6-13-7-10-2-3-11(12)16-10/h2-3,9,13-14H,4-8H2,1H3. The van der Waals surface area contributed by atoms with Crippen molar-refractivity contribution in [3.63, 3.8) is 0 Å². The van der Waals surface area contributed by atoms with Gasteiger partial charge in [-0.3, -0.25) is 0 Å². The zero-order valence-electron chi connectivity index (χ0n) is 9.50. The largest absolute Gasteiger partial charge is 0.310 e. The van der Waals surface area contributed by atoms with E-state index in [9.17, 15) is 0 Å². The lowest BCUT2D eigenvalue weighted by Gasteiger charge is -2.31. The molecule has 5 heteroatoms. The van der Waals surface area contributed by atoms with E-state index in [2.05, 4.69) is 50.6 Å². The van der Waals surface area contributed by atoms with Gasteiger partial charge in [0, 0.05) is 43.6 Å². The molecule has 1 saturated heterocycles. The van der Waals surface area contributed by atoms with Crippen LogP contribution in [-0.2, 0) is 6.54 Å². The summed E-state index contributed by atoms with van der Waals surface area (Å²) < 4.78 is 1.21. The van der Waals surface area contributed by atoms with Gasteiger partial charge in [-0.2, -0.15) is 0 Å². The molecule has 0 amide bonds. The van der Waals surface area contributed by atoms with Crippen LogP contribution < -0.4 is 10.6 Å². The Balaban J connectivity index is 1.67. The molecule has 0 spiro atoms. The van der Waals surface area contributed by atoms with Crippen LogP contribution in [-0.4, -0.2) is 44.2 Å². The lowest BCUT2D eigenvalue weighted by molar-refractivity contribution is 0.235. The van der Waals surface area contributed by atoms with E-state index in [1.165, 1.54) is 8.66 Å². The van der Waals surface area contributed by atoms with E-state index in [0.29, 0.717) is 6.04 Å². The summed E-state index contributed by atoms with van der Waals surface area (Å²) in [6.07, 6.45) is 0. The Morgan fingerprint density at radius 3 is 3.19 bits per heavy atom. The second kappa shape index (κ2) is 6.12. The second-order valence-electron chi connectivity index (χ2n) is 4.25. The van der Waals surface area contributed by atoms with Gasteiger partial charge in [-0.25, -0.2) is 0 Å². The van der Waals surface area contributed by atoms with E-state index in [1.807, 2.05) is 0 Å². The van der Waals surface area contributed by atoms with Crippen molar-refractivity contribution in [2.45, 2.75) is 12.6 Å². The topological polar surface area (TPSA) is 27.3 Å². The zero-order chi connectivity index (χ0) is 11.4. The minimum absolute atomic E-state index is 0.585. The Morgan fingerprint density at radius 2 is 2.50 bits per heavy atom. The molecule has 90 valence electrons. The summed E-state index contributed by atoms with van der Waals surface area (Å²) in [4.78, 5) is 3.76. The molecule has 0 radical (unpaired) electrons. The highest BCUT2D eigenvalue weighted by Gasteiger charge is 2.15. The van der Waals surface area contributed by atoms with Crippen LogP contribution in [0.4, 0.5) is 0 Å². The van der Waals surface area contributed by atoms with Gasteiger partial charge in [-0.1, -0.05) is 0 Å². The fourth-order valence-corrected chi connectivity index (χ4v) is 3.40. The summed E-state index contributed by atoms with van der Waals surface area (Å²) in [5.41, 5.74) is 0. The fourth-order valence-electron chi connectivity index (χ4n) is 1.94. The molecule has 1 aromatic rings. The predicted molar refractivity (Wildman–Crippen MR) is 73.0 cm³/mol. The smallest absolute Gasteiger partial charge is 0.0701 e. The van der Waals surface area contributed by atoms with E-state index in [4.69, 9.17) is 0 Å². The molecule has 16 heavy (non-hydrogen) atoms. The number of nitrogens with one attached hydrogen (secondary N) is 2. The van der Waals surface area contributed by atoms with Crippen molar-refractivity contribution in [3.05, 3.63) is 20.8 Å². The predicted octanol–water partition coefficient (Wildman–Crippen LogP) is 1.50. The Bertz CT molecular complexity index is 329. The van der Waals surface area contributed by atoms with E-state index in [-0.39, 0.29) is 0 Å². The van der Waals surface area contributed by atoms with Crippen molar-refractivity contribution in [1.82, 2.24) is 15.5 Å². The van der Waals surface area contributed by atoms with Crippen molar-refractivity contribution >= 4 is 27.3 Å². The maximum absolute atomic E-state index is 3.53. The molecule has 0 aromatic carbocycles. The molecular formula is C11H18BrN3S. The number of halogens is 1. The SMILES string of the molecule is CN1CCNC(CNCc2ccc(Br)s2)C1. The third-order valence-electron chi connectivity index (χ3n) is 2.78. The minimum Gasteiger partial charge on any atom is -0.310 e. The summed E-state index contributed by atoms with van der Waals surface area (Å²) in [5.74, 6) is 0. The number of piperazine rings is 1. The molecule has 1 aliphatic rings. The zero-order valence-corrected chi connectivity index (χ0v) is 11.9. The monoisotopic (exact) mass is 303 g/mol. The van der Waals surface area contributed by atoms with E-state index in [0.717, 1.165) is 32.7 Å². The van der Waals surface area contributed by atoms with Crippen LogP contribution in [0.15, 0.2) is 15.9 Å². The highest BCUT2D eigenvalue weighted by atomic mass is 79.9. The molecule has 1 unspecified atom stereocenters. The molecule has 1 aromatic heterocycles. The molecule has 2 N–H and O–H groups in total. The summed E-state index contributed by atoms with van der Waals surface area (Å²) in [6.45, 7) is 5.42. The first-order valence-electron chi connectivity index (χ1n) is 5.61. The molecule has 2 rings (SSSR count).